The number of nitrogens with two attached hydrogens (primary N) is 1. The fraction of sp³-hybridized carbons (Fsp3) is 0.429. The van der Waals surface area contributed by atoms with Crippen LogP contribution in [-0.2, 0) is 30.4 Å². The molecule has 0 aromatic carbocycles. The third-order valence-corrected chi connectivity index (χ3v) is 3.12. The van der Waals surface area contributed by atoms with Crippen LogP contribution in [0.25, 0.3) is 0 Å². The zero-order valence-electron chi connectivity index (χ0n) is 14.3. The molecule has 0 bridgehead atoms. The second-order valence-electron chi connectivity index (χ2n) is 5.27. The number of hydrogen-bond donors (Lipinski definition) is 7. The smallest absolute Gasteiger partial charge is 0.322 e. The molecule has 1 aromatic rings. The highest BCUT2D eigenvalue weighted by Crippen LogP contribution is 1.99. The Kier molecular flexibility index (Phi) is 8.94. The highest BCUT2D eigenvalue weighted by molar-refractivity contribution is 5.92. The molecule has 0 spiro atoms. The van der Waals surface area contributed by atoms with Crippen LogP contribution in [0.5, 0.6) is 0 Å². The first-order chi connectivity index (χ1) is 12.8. The van der Waals surface area contributed by atoms with Crippen LogP contribution in [-0.4, -0.2) is 76.9 Å². The molecule has 27 heavy (non-hydrogen) atoms. The highest BCUT2D eigenvalue weighted by atomic mass is 16.4. The Morgan fingerprint density at radius 1 is 1.04 bits per heavy atom. The number of carbonyl (C=O) groups is 5. The van der Waals surface area contributed by atoms with Gasteiger partial charge in [-0.3, -0.25) is 24.0 Å². The first-order valence-electron chi connectivity index (χ1n) is 7.81. The van der Waals surface area contributed by atoms with Gasteiger partial charge in [0.05, 0.1) is 26.0 Å². The molecular weight excluding hydrogens is 362 g/mol. The van der Waals surface area contributed by atoms with E-state index in [1.165, 1.54) is 12.5 Å². The average molecular weight is 383 g/mol. The standard InChI is InChI=1S/C14H21N7O6/c15-2-10(22)17-5-12(24)21-9(1-8-3-16-7-20-8)14(27)19-4-11(23)18-6-13(25)26/h3,7,9H,1-2,4-6,15H2,(H,16,20)(H,17,22)(H,18,23)(H,19,27)(H,21,24)(H,25,26)/t9-/m0/s1. The van der Waals surface area contributed by atoms with Crippen molar-refractivity contribution in [2.75, 3.05) is 26.2 Å². The van der Waals surface area contributed by atoms with E-state index in [4.69, 9.17) is 10.8 Å². The van der Waals surface area contributed by atoms with Crippen LogP contribution >= 0.6 is 0 Å². The molecule has 13 nitrogen and oxygen atoms in total. The van der Waals surface area contributed by atoms with Gasteiger partial charge in [-0.2, -0.15) is 0 Å². The van der Waals surface area contributed by atoms with E-state index >= 15 is 0 Å². The van der Waals surface area contributed by atoms with Gasteiger partial charge in [0.1, 0.15) is 12.6 Å². The molecule has 0 unspecified atom stereocenters. The molecule has 1 atom stereocenters. The van der Waals surface area contributed by atoms with Crippen LogP contribution in [0.3, 0.4) is 0 Å². The number of imidazole rings is 1. The lowest BCUT2D eigenvalue weighted by Crippen LogP contribution is -2.52. The summed E-state index contributed by atoms with van der Waals surface area (Å²) in [6, 6.07) is -1.06. The fourth-order valence-corrected chi connectivity index (χ4v) is 1.85. The fourth-order valence-electron chi connectivity index (χ4n) is 1.85. The van der Waals surface area contributed by atoms with Gasteiger partial charge >= 0.3 is 5.97 Å². The molecule has 1 aromatic heterocycles. The van der Waals surface area contributed by atoms with Crippen molar-refractivity contribution in [1.82, 2.24) is 31.2 Å². The summed E-state index contributed by atoms with van der Waals surface area (Å²) in [7, 11) is 0. The van der Waals surface area contributed by atoms with Crippen molar-refractivity contribution in [3.05, 3.63) is 18.2 Å². The van der Waals surface area contributed by atoms with E-state index in [0.717, 1.165) is 0 Å². The number of aromatic nitrogens is 2. The molecule has 0 aliphatic carbocycles. The van der Waals surface area contributed by atoms with Crippen molar-refractivity contribution in [1.29, 1.82) is 0 Å². The Hall–Kier alpha value is -3.48. The second kappa shape index (κ2) is 11.2. The molecular formula is C14H21N7O6. The van der Waals surface area contributed by atoms with E-state index in [1.807, 2.05) is 0 Å². The summed E-state index contributed by atoms with van der Waals surface area (Å²) in [5, 5.41) is 17.6. The number of aliphatic carboxylic acids is 1. The lowest BCUT2D eigenvalue weighted by atomic mass is 10.1. The molecule has 0 radical (unpaired) electrons. The van der Waals surface area contributed by atoms with E-state index in [-0.39, 0.29) is 19.5 Å². The normalized spacial score (nSPS) is 11.1. The van der Waals surface area contributed by atoms with Gasteiger partial charge in [0.25, 0.3) is 0 Å². The number of carbonyl (C=O) groups excluding carboxylic acids is 4. The number of aromatic amines is 1. The molecule has 0 aliphatic heterocycles. The second-order valence-corrected chi connectivity index (χ2v) is 5.27. The minimum atomic E-state index is -1.22. The highest BCUT2D eigenvalue weighted by Gasteiger charge is 2.22. The minimum Gasteiger partial charge on any atom is -0.480 e. The number of nitrogens with zero attached hydrogens (tertiary/aromatic N) is 1. The third-order valence-electron chi connectivity index (χ3n) is 3.12. The van der Waals surface area contributed by atoms with Gasteiger partial charge in [-0.15, -0.1) is 0 Å². The molecule has 0 fully saturated rings. The van der Waals surface area contributed by atoms with E-state index in [9.17, 15) is 24.0 Å². The number of amides is 4. The monoisotopic (exact) mass is 383 g/mol. The first kappa shape index (κ1) is 21.6. The van der Waals surface area contributed by atoms with Gasteiger partial charge in [0, 0.05) is 18.3 Å². The van der Waals surface area contributed by atoms with E-state index in [1.54, 1.807) is 0 Å². The molecule has 0 aliphatic rings. The Morgan fingerprint density at radius 2 is 1.70 bits per heavy atom. The van der Waals surface area contributed by atoms with Gasteiger partial charge in [0.2, 0.25) is 23.6 Å². The Balaban J connectivity index is 2.60. The van der Waals surface area contributed by atoms with Gasteiger partial charge in [-0.1, -0.05) is 0 Å². The third kappa shape index (κ3) is 8.97. The number of carboxylic acid groups (broad SMARTS) is 1. The topological polar surface area (TPSA) is 208 Å². The quantitative estimate of drug-likeness (QED) is 0.199. The van der Waals surface area contributed by atoms with Gasteiger partial charge in [-0.25, -0.2) is 4.98 Å². The van der Waals surface area contributed by atoms with Crippen molar-refractivity contribution in [3.8, 4) is 0 Å². The lowest BCUT2D eigenvalue weighted by molar-refractivity contribution is -0.138. The SMILES string of the molecule is NCC(=O)NCC(=O)N[C@@H](Cc1cnc[nH]1)C(=O)NCC(=O)NCC(=O)O. The number of hydrogen-bond acceptors (Lipinski definition) is 7. The summed E-state index contributed by atoms with van der Waals surface area (Å²) in [5.74, 6) is -3.76. The van der Waals surface area contributed by atoms with Gasteiger partial charge in [-0.05, 0) is 0 Å². The summed E-state index contributed by atoms with van der Waals surface area (Å²) >= 11 is 0. The van der Waals surface area contributed by atoms with Crippen LogP contribution in [0.1, 0.15) is 5.69 Å². The zero-order valence-corrected chi connectivity index (χ0v) is 14.3. The number of rotatable bonds is 11. The number of nitrogens with one attached hydrogen (secondary N) is 5. The molecule has 148 valence electrons. The summed E-state index contributed by atoms with van der Waals surface area (Å²) in [6.07, 6.45) is 2.91. The van der Waals surface area contributed by atoms with Gasteiger partial charge < -0.3 is 37.1 Å². The van der Waals surface area contributed by atoms with Crippen LogP contribution in [0.4, 0.5) is 0 Å². The molecule has 0 saturated carbocycles. The Morgan fingerprint density at radius 3 is 2.30 bits per heavy atom. The van der Waals surface area contributed by atoms with E-state index in [2.05, 4.69) is 31.2 Å². The zero-order chi connectivity index (χ0) is 20.2. The van der Waals surface area contributed by atoms with Crippen LogP contribution < -0.4 is 27.0 Å². The maximum absolute atomic E-state index is 12.3. The summed E-state index contributed by atoms with van der Waals surface area (Å²) in [4.78, 5) is 63.7. The molecule has 4 amide bonds. The average Bonchev–Trinajstić information content (AvgIpc) is 3.14. The minimum absolute atomic E-state index is 0.0547. The van der Waals surface area contributed by atoms with Crippen molar-refractivity contribution in [2.24, 2.45) is 5.73 Å². The van der Waals surface area contributed by atoms with Crippen molar-refractivity contribution < 1.29 is 29.1 Å². The Labute approximate surface area is 153 Å². The van der Waals surface area contributed by atoms with Crippen LogP contribution in [0.15, 0.2) is 12.5 Å². The van der Waals surface area contributed by atoms with Crippen molar-refractivity contribution in [2.45, 2.75) is 12.5 Å². The Bertz CT molecular complexity index is 676. The first-order valence-corrected chi connectivity index (χ1v) is 7.81. The van der Waals surface area contributed by atoms with Crippen LogP contribution in [0.2, 0.25) is 0 Å². The number of H-pyrrole nitrogens is 1. The summed E-state index contributed by atoms with van der Waals surface area (Å²) in [6.45, 7) is -1.70. The van der Waals surface area contributed by atoms with Crippen molar-refractivity contribution >= 4 is 29.6 Å². The summed E-state index contributed by atoms with van der Waals surface area (Å²) < 4.78 is 0. The van der Waals surface area contributed by atoms with Crippen molar-refractivity contribution in [3.63, 3.8) is 0 Å². The summed E-state index contributed by atoms with van der Waals surface area (Å²) in [5.41, 5.74) is 5.67. The predicted molar refractivity (Wildman–Crippen MR) is 89.9 cm³/mol. The largest absolute Gasteiger partial charge is 0.480 e. The molecule has 8 N–H and O–H groups in total. The van der Waals surface area contributed by atoms with E-state index < -0.39 is 48.7 Å². The maximum atomic E-state index is 12.3. The molecule has 1 rings (SSSR count). The molecule has 1 heterocycles. The number of carboxylic acids is 1. The predicted octanol–water partition coefficient (Wildman–Crippen LogP) is -4.17. The van der Waals surface area contributed by atoms with Crippen LogP contribution in [0, 0.1) is 0 Å². The molecule has 0 saturated heterocycles. The lowest BCUT2D eigenvalue weighted by Gasteiger charge is -2.18. The molecule has 13 heteroatoms. The van der Waals surface area contributed by atoms with Gasteiger partial charge in [0.15, 0.2) is 0 Å². The van der Waals surface area contributed by atoms with E-state index in [0.29, 0.717) is 5.69 Å². The maximum Gasteiger partial charge on any atom is 0.322 e.